The molecule has 0 spiro atoms. The highest BCUT2D eigenvalue weighted by Gasteiger charge is 2.34. The fourth-order valence-electron chi connectivity index (χ4n) is 4.44. The highest BCUT2D eigenvalue weighted by Crippen LogP contribution is 2.36. The number of nitrogens with zero attached hydrogens (tertiary/aromatic N) is 3. The fourth-order valence-corrected chi connectivity index (χ4v) is 4.44. The van der Waals surface area contributed by atoms with Crippen LogP contribution in [0.2, 0.25) is 0 Å². The van der Waals surface area contributed by atoms with Gasteiger partial charge in [0, 0.05) is 36.6 Å². The summed E-state index contributed by atoms with van der Waals surface area (Å²) in [7, 11) is 1.84. The van der Waals surface area contributed by atoms with E-state index in [-0.39, 0.29) is 11.7 Å². The van der Waals surface area contributed by atoms with Crippen molar-refractivity contribution >= 4 is 17.7 Å². The van der Waals surface area contributed by atoms with Crippen molar-refractivity contribution in [3.8, 4) is 28.1 Å². The number of anilines is 1. The molecule has 2 aromatic carbocycles. The molecule has 2 amide bonds. The van der Waals surface area contributed by atoms with Gasteiger partial charge in [0.2, 0.25) is 5.91 Å². The zero-order valence-corrected chi connectivity index (χ0v) is 21.5. The van der Waals surface area contributed by atoms with E-state index < -0.39 is 17.7 Å². The number of rotatable bonds is 4. The maximum Gasteiger partial charge on any atom is 0.410 e. The molecule has 36 heavy (non-hydrogen) atoms. The zero-order valence-electron chi connectivity index (χ0n) is 21.5. The van der Waals surface area contributed by atoms with Crippen molar-refractivity contribution in [2.45, 2.75) is 58.6 Å². The van der Waals surface area contributed by atoms with Crippen LogP contribution >= 0.6 is 0 Å². The van der Waals surface area contributed by atoms with E-state index in [2.05, 4.69) is 10.4 Å². The van der Waals surface area contributed by atoms with Crippen molar-refractivity contribution in [1.29, 1.82) is 0 Å². The van der Waals surface area contributed by atoms with Crippen LogP contribution in [0.25, 0.3) is 22.4 Å². The number of amides is 2. The first kappa shape index (κ1) is 25.3. The number of likely N-dealkylation sites (tertiary alicyclic amines) is 1. The van der Waals surface area contributed by atoms with E-state index in [9.17, 15) is 14.7 Å². The van der Waals surface area contributed by atoms with E-state index in [1.807, 2.05) is 77.3 Å². The third kappa shape index (κ3) is 5.70. The average molecular weight is 491 g/mol. The lowest BCUT2D eigenvalue weighted by atomic mass is 9.99. The molecular weight excluding hydrogens is 456 g/mol. The number of benzene rings is 2. The first-order valence-electron chi connectivity index (χ1n) is 12.3. The lowest BCUT2D eigenvalue weighted by Crippen LogP contribution is -2.51. The second-order valence-corrected chi connectivity index (χ2v) is 10.3. The second kappa shape index (κ2) is 10.0. The number of carbonyl (C=O) groups excluding carboxylic acids is 2. The van der Waals surface area contributed by atoms with Gasteiger partial charge in [-0.3, -0.25) is 14.4 Å². The van der Waals surface area contributed by atoms with Gasteiger partial charge in [0.05, 0.1) is 0 Å². The first-order chi connectivity index (χ1) is 17.0. The molecule has 1 fully saturated rings. The van der Waals surface area contributed by atoms with E-state index in [1.54, 1.807) is 10.7 Å². The number of aromatic hydroxyl groups is 1. The Hall–Kier alpha value is -3.81. The van der Waals surface area contributed by atoms with Crippen LogP contribution in [0.1, 0.15) is 45.6 Å². The number of phenols is 1. The number of nitrogens with one attached hydrogen (secondary N) is 1. The first-order valence-corrected chi connectivity index (χ1v) is 12.3. The van der Waals surface area contributed by atoms with Crippen molar-refractivity contribution in [3.05, 3.63) is 54.2 Å². The highest BCUT2D eigenvalue weighted by molar-refractivity contribution is 5.97. The van der Waals surface area contributed by atoms with E-state index in [0.29, 0.717) is 29.9 Å². The third-order valence-corrected chi connectivity index (χ3v) is 6.13. The summed E-state index contributed by atoms with van der Waals surface area (Å²) in [5, 5.41) is 18.0. The molecule has 190 valence electrons. The molecule has 2 N–H and O–H groups in total. The molecule has 1 saturated heterocycles. The van der Waals surface area contributed by atoms with E-state index in [1.165, 1.54) is 4.90 Å². The number of carbonyl (C=O) groups is 2. The van der Waals surface area contributed by atoms with Crippen LogP contribution in [-0.2, 0) is 16.6 Å². The predicted octanol–water partition coefficient (Wildman–Crippen LogP) is 5.50. The van der Waals surface area contributed by atoms with Gasteiger partial charge in [-0.15, -0.1) is 0 Å². The molecule has 1 unspecified atom stereocenters. The van der Waals surface area contributed by atoms with Gasteiger partial charge in [0.1, 0.15) is 23.1 Å². The van der Waals surface area contributed by atoms with Crippen LogP contribution in [0.5, 0.6) is 5.75 Å². The average Bonchev–Trinajstić information content (AvgIpc) is 3.21. The van der Waals surface area contributed by atoms with E-state index >= 15 is 0 Å². The zero-order chi connectivity index (χ0) is 26.0. The molecular formula is C28H34N4O4. The number of phenolic OH excluding ortho intramolecular Hbond substituents is 1. The number of hydrogen-bond donors (Lipinski definition) is 2. The van der Waals surface area contributed by atoms with E-state index in [4.69, 9.17) is 4.74 Å². The highest BCUT2D eigenvalue weighted by atomic mass is 16.6. The Labute approximate surface area is 211 Å². The van der Waals surface area contributed by atoms with E-state index in [0.717, 1.165) is 29.5 Å². The fraction of sp³-hybridized carbons (Fsp3) is 0.393. The standard InChI is InChI=1S/C28H34N4O4/c1-18-9-14-24(33)21(16-18)25-22(17-31(5)30-25)19-10-12-20(13-11-19)29-26(34)23-8-6-7-15-32(23)27(35)36-28(2,3)4/h9-14,16-17,23,33H,6-8,15H2,1-5H3,(H,29,34). The van der Waals surface area contributed by atoms with Crippen molar-refractivity contribution < 1.29 is 19.4 Å². The smallest absolute Gasteiger partial charge is 0.410 e. The Kier molecular flexibility index (Phi) is 7.06. The molecule has 0 saturated carbocycles. The lowest BCUT2D eigenvalue weighted by molar-refractivity contribution is -0.122. The van der Waals surface area contributed by atoms with Gasteiger partial charge in [-0.2, -0.15) is 5.10 Å². The summed E-state index contributed by atoms with van der Waals surface area (Å²) in [6.07, 6.45) is 3.78. The Balaban J connectivity index is 1.52. The van der Waals surface area contributed by atoms with Crippen molar-refractivity contribution in [2.24, 2.45) is 7.05 Å². The molecule has 3 aromatic rings. The molecule has 0 aliphatic carbocycles. The molecule has 1 atom stereocenters. The number of ether oxygens (including phenoxy) is 1. The van der Waals surface area contributed by atoms with Gasteiger partial charge in [-0.1, -0.05) is 23.8 Å². The minimum Gasteiger partial charge on any atom is -0.507 e. The monoisotopic (exact) mass is 490 g/mol. The van der Waals surface area contributed by atoms with Crippen LogP contribution in [0.3, 0.4) is 0 Å². The third-order valence-electron chi connectivity index (χ3n) is 6.13. The number of aryl methyl sites for hydroxylation is 2. The minimum absolute atomic E-state index is 0.173. The molecule has 4 rings (SSSR count). The van der Waals surface area contributed by atoms with Crippen LogP contribution < -0.4 is 5.32 Å². The summed E-state index contributed by atoms with van der Waals surface area (Å²) in [6.45, 7) is 7.93. The Morgan fingerprint density at radius 3 is 2.50 bits per heavy atom. The molecule has 1 aliphatic rings. The molecule has 1 aromatic heterocycles. The van der Waals surface area contributed by atoms with Gasteiger partial charge in [-0.25, -0.2) is 4.79 Å². The van der Waals surface area contributed by atoms with Crippen LogP contribution in [0, 0.1) is 6.92 Å². The number of hydrogen-bond acceptors (Lipinski definition) is 5. The predicted molar refractivity (Wildman–Crippen MR) is 140 cm³/mol. The Morgan fingerprint density at radius 1 is 1.08 bits per heavy atom. The molecule has 0 bridgehead atoms. The van der Waals surface area contributed by atoms with Crippen molar-refractivity contribution in [3.63, 3.8) is 0 Å². The minimum atomic E-state index is -0.619. The molecule has 1 aliphatic heterocycles. The summed E-state index contributed by atoms with van der Waals surface area (Å²) in [5.74, 6) is -0.0495. The molecule has 8 nitrogen and oxygen atoms in total. The summed E-state index contributed by atoms with van der Waals surface area (Å²) in [5.41, 5.74) is 4.19. The summed E-state index contributed by atoms with van der Waals surface area (Å²) < 4.78 is 7.24. The van der Waals surface area contributed by atoms with Gasteiger partial charge in [0.15, 0.2) is 0 Å². The quantitative estimate of drug-likeness (QED) is 0.504. The lowest BCUT2D eigenvalue weighted by Gasteiger charge is -2.35. The topological polar surface area (TPSA) is 96.7 Å². The number of aromatic nitrogens is 2. The summed E-state index contributed by atoms with van der Waals surface area (Å²) in [6, 6.07) is 12.4. The maximum absolute atomic E-state index is 13.1. The molecule has 0 radical (unpaired) electrons. The largest absolute Gasteiger partial charge is 0.507 e. The van der Waals surface area contributed by atoms with Gasteiger partial charge in [-0.05, 0) is 76.8 Å². The van der Waals surface area contributed by atoms with Gasteiger partial charge < -0.3 is 15.2 Å². The van der Waals surface area contributed by atoms with Crippen molar-refractivity contribution in [1.82, 2.24) is 14.7 Å². The Morgan fingerprint density at radius 2 is 1.81 bits per heavy atom. The molecule has 8 heteroatoms. The summed E-state index contributed by atoms with van der Waals surface area (Å²) in [4.78, 5) is 27.3. The van der Waals surface area contributed by atoms with Crippen molar-refractivity contribution in [2.75, 3.05) is 11.9 Å². The van der Waals surface area contributed by atoms with Gasteiger partial charge >= 0.3 is 6.09 Å². The normalized spacial score (nSPS) is 16.0. The molecule has 2 heterocycles. The van der Waals surface area contributed by atoms with Crippen LogP contribution in [0.4, 0.5) is 10.5 Å². The summed E-state index contributed by atoms with van der Waals surface area (Å²) >= 11 is 0. The maximum atomic E-state index is 13.1. The Bertz CT molecular complexity index is 1260. The second-order valence-electron chi connectivity index (χ2n) is 10.3. The number of piperidine rings is 1. The van der Waals surface area contributed by atoms with Crippen LogP contribution in [0.15, 0.2) is 48.7 Å². The SMILES string of the molecule is Cc1ccc(O)c(-c2nn(C)cc2-c2ccc(NC(=O)C3CCCCN3C(=O)OC(C)(C)C)cc2)c1. The van der Waals surface area contributed by atoms with Gasteiger partial charge in [0.25, 0.3) is 0 Å². The van der Waals surface area contributed by atoms with Crippen LogP contribution in [-0.4, -0.2) is 50.0 Å².